The Morgan fingerprint density at radius 2 is 0.955 bits per heavy atom. The first-order chi connectivity index (χ1) is 21.8. The molecular formula is C42H27NS. The van der Waals surface area contributed by atoms with Gasteiger partial charge in [-0.15, -0.1) is 11.3 Å². The highest BCUT2D eigenvalue weighted by atomic mass is 32.1. The van der Waals surface area contributed by atoms with E-state index in [4.69, 9.17) is 0 Å². The molecule has 0 aliphatic heterocycles. The zero-order chi connectivity index (χ0) is 29.0. The lowest BCUT2D eigenvalue weighted by atomic mass is 10.00. The highest BCUT2D eigenvalue weighted by Gasteiger charge is 2.17. The summed E-state index contributed by atoms with van der Waals surface area (Å²) in [4.78, 5) is 2.40. The first-order valence-electron chi connectivity index (χ1n) is 15.0. The molecule has 1 aromatic heterocycles. The molecule has 9 rings (SSSR count). The Morgan fingerprint density at radius 3 is 1.82 bits per heavy atom. The van der Waals surface area contributed by atoms with Gasteiger partial charge in [-0.05, 0) is 92.0 Å². The lowest BCUT2D eigenvalue weighted by Crippen LogP contribution is -2.10. The molecule has 206 valence electrons. The fraction of sp³-hybridized carbons (Fsp3) is 0. The van der Waals surface area contributed by atoms with Crippen LogP contribution >= 0.6 is 11.3 Å². The summed E-state index contributed by atoms with van der Waals surface area (Å²) in [5.74, 6) is 0. The first-order valence-corrected chi connectivity index (χ1v) is 15.8. The smallest absolute Gasteiger partial charge is 0.0468 e. The number of nitrogens with zero attached hydrogens (tertiary/aromatic N) is 1. The number of fused-ring (bicyclic) bond motifs is 8. The van der Waals surface area contributed by atoms with E-state index >= 15 is 0 Å². The lowest BCUT2D eigenvalue weighted by molar-refractivity contribution is 1.29. The summed E-state index contributed by atoms with van der Waals surface area (Å²) in [6.07, 6.45) is 0. The SMILES string of the molecule is c1ccc(-c2cccc(N(c3ccc4c(ccc5ccccc54)c3)c3ccc4c(ccc5sc6ccccc6c54)c3)c2)cc1. The Labute approximate surface area is 259 Å². The average molecular weight is 578 g/mol. The zero-order valence-corrected chi connectivity index (χ0v) is 24.8. The van der Waals surface area contributed by atoms with Gasteiger partial charge >= 0.3 is 0 Å². The molecular weight excluding hydrogens is 551 g/mol. The largest absolute Gasteiger partial charge is 0.310 e. The predicted molar refractivity (Wildman–Crippen MR) is 192 cm³/mol. The molecule has 0 fully saturated rings. The monoisotopic (exact) mass is 577 g/mol. The molecule has 0 saturated carbocycles. The van der Waals surface area contributed by atoms with Crippen molar-refractivity contribution in [2.24, 2.45) is 0 Å². The van der Waals surface area contributed by atoms with Crippen molar-refractivity contribution in [3.05, 3.63) is 164 Å². The minimum absolute atomic E-state index is 1.13. The summed E-state index contributed by atoms with van der Waals surface area (Å²) < 4.78 is 2.67. The van der Waals surface area contributed by atoms with Crippen molar-refractivity contribution in [2.75, 3.05) is 4.90 Å². The van der Waals surface area contributed by atoms with E-state index < -0.39 is 0 Å². The Balaban J connectivity index is 1.26. The third-order valence-electron chi connectivity index (χ3n) is 8.80. The molecule has 0 aliphatic rings. The summed E-state index contributed by atoms with van der Waals surface area (Å²) >= 11 is 1.87. The molecule has 0 N–H and O–H groups in total. The quantitative estimate of drug-likeness (QED) is 0.188. The number of thiophene rings is 1. The van der Waals surface area contributed by atoms with Gasteiger partial charge in [-0.3, -0.25) is 0 Å². The van der Waals surface area contributed by atoms with Gasteiger partial charge in [0.25, 0.3) is 0 Å². The van der Waals surface area contributed by atoms with Gasteiger partial charge in [0.1, 0.15) is 0 Å². The Hall–Kier alpha value is -5.44. The standard InChI is InChI=1S/C42H27NS/c1-2-9-28(10-3-1)30-12-8-13-33(25-30)43(34-20-22-37-31(26-34)18-17-29-11-4-5-14-36(29)37)35-21-23-38-32(27-35)19-24-41-42(38)39-15-6-7-16-40(39)44-41/h1-27H. The van der Waals surface area contributed by atoms with Crippen molar-refractivity contribution in [2.45, 2.75) is 0 Å². The van der Waals surface area contributed by atoms with Crippen molar-refractivity contribution in [3.63, 3.8) is 0 Å². The van der Waals surface area contributed by atoms with Gasteiger partial charge in [-0.1, -0.05) is 115 Å². The second-order valence-corrected chi connectivity index (χ2v) is 12.5. The molecule has 0 radical (unpaired) electrons. The van der Waals surface area contributed by atoms with Crippen LogP contribution in [0.15, 0.2) is 164 Å². The molecule has 0 amide bonds. The summed E-state index contributed by atoms with van der Waals surface area (Å²) in [6.45, 7) is 0. The third kappa shape index (κ3) is 4.07. The average Bonchev–Trinajstić information content (AvgIpc) is 3.48. The molecule has 0 aliphatic carbocycles. The van der Waals surface area contributed by atoms with Crippen molar-refractivity contribution in [1.29, 1.82) is 0 Å². The van der Waals surface area contributed by atoms with Crippen molar-refractivity contribution in [3.8, 4) is 11.1 Å². The van der Waals surface area contributed by atoms with Gasteiger partial charge in [0.15, 0.2) is 0 Å². The molecule has 2 heteroatoms. The van der Waals surface area contributed by atoms with Crippen molar-refractivity contribution in [1.82, 2.24) is 0 Å². The molecule has 0 atom stereocenters. The molecule has 0 unspecified atom stereocenters. The fourth-order valence-electron chi connectivity index (χ4n) is 6.72. The van der Waals surface area contributed by atoms with Crippen LogP contribution in [0, 0.1) is 0 Å². The number of hydrogen-bond donors (Lipinski definition) is 0. The lowest BCUT2D eigenvalue weighted by Gasteiger charge is -2.27. The van der Waals surface area contributed by atoms with Crippen LogP contribution in [0.4, 0.5) is 17.1 Å². The number of anilines is 3. The predicted octanol–water partition coefficient (Wildman–Crippen LogP) is 12.7. The maximum atomic E-state index is 2.40. The van der Waals surface area contributed by atoms with Gasteiger partial charge in [0, 0.05) is 37.2 Å². The van der Waals surface area contributed by atoms with Crippen LogP contribution in [0.3, 0.4) is 0 Å². The molecule has 9 aromatic rings. The summed E-state index contributed by atoms with van der Waals surface area (Å²) in [5, 5.41) is 10.3. The number of rotatable bonds is 4. The van der Waals surface area contributed by atoms with Crippen molar-refractivity contribution >= 4 is 80.9 Å². The van der Waals surface area contributed by atoms with Crippen LogP contribution in [0.5, 0.6) is 0 Å². The van der Waals surface area contributed by atoms with Gasteiger partial charge in [0.05, 0.1) is 0 Å². The van der Waals surface area contributed by atoms with Crippen LogP contribution in [0.1, 0.15) is 0 Å². The molecule has 0 saturated heterocycles. The van der Waals surface area contributed by atoms with E-state index in [1.165, 1.54) is 63.6 Å². The maximum absolute atomic E-state index is 2.40. The highest BCUT2D eigenvalue weighted by molar-refractivity contribution is 7.26. The third-order valence-corrected chi connectivity index (χ3v) is 9.93. The fourth-order valence-corrected chi connectivity index (χ4v) is 7.84. The van der Waals surface area contributed by atoms with Crippen LogP contribution in [-0.4, -0.2) is 0 Å². The summed E-state index contributed by atoms with van der Waals surface area (Å²) in [6, 6.07) is 59.8. The normalized spacial score (nSPS) is 11.6. The summed E-state index contributed by atoms with van der Waals surface area (Å²) in [7, 11) is 0. The minimum Gasteiger partial charge on any atom is -0.310 e. The van der Waals surface area contributed by atoms with Gasteiger partial charge < -0.3 is 4.90 Å². The second-order valence-electron chi connectivity index (χ2n) is 11.4. The van der Waals surface area contributed by atoms with E-state index in [-0.39, 0.29) is 0 Å². The van der Waals surface area contributed by atoms with Gasteiger partial charge in [-0.2, -0.15) is 0 Å². The topological polar surface area (TPSA) is 3.24 Å². The van der Waals surface area contributed by atoms with Crippen LogP contribution in [-0.2, 0) is 0 Å². The molecule has 1 heterocycles. The zero-order valence-electron chi connectivity index (χ0n) is 23.9. The summed E-state index contributed by atoms with van der Waals surface area (Å²) in [5.41, 5.74) is 5.82. The van der Waals surface area contributed by atoms with E-state index in [1.54, 1.807) is 0 Å². The van der Waals surface area contributed by atoms with E-state index in [9.17, 15) is 0 Å². The number of hydrogen-bond acceptors (Lipinski definition) is 2. The molecule has 0 bridgehead atoms. The van der Waals surface area contributed by atoms with Crippen LogP contribution < -0.4 is 4.90 Å². The maximum Gasteiger partial charge on any atom is 0.0468 e. The molecule has 0 spiro atoms. The van der Waals surface area contributed by atoms with Crippen LogP contribution in [0.25, 0.3) is 63.6 Å². The van der Waals surface area contributed by atoms with E-state index in [0.29, 0.717) is 0 Å². The Bertz CT molecular complexity index is 2510. The van der Waals surface area contributed by atoms with E-state index in [2.05, 4.69) is 169 Å². The van der Waals surface area contributed by atoms with E-state index in [0.717, 1.165) is 17.1 Å². The van der Waals surface area contributed by atoms with Gasteiger partial charge in [0.2, 0.25) is 0 Å². The Kier molecular flexibility index (Phi) is 5.75. The molecule has 8 aromatic carbocycles. The molecule has 44 heavy (non-hydrogen) atoms. The Morgan fingerprint density at radius 1 is 0.341 bits per heavy atom. The first kappa shape index (κ1) is 25.1. The minimum atomic E-state index is 1.13. The van der Waals surface area contributed by atoms with Gasteiger partial charge in [-0.25, -0.2) is 0 Å². The second kappa shape index (κ2) is 10.1. The molecule has 1 nitrogen and oxygen atoms in total. The highest BCUT2D eigenvalue weighted by Crippen LogP contribution is 2.43. The van der Waals surface area contributed by atoms with Crippen molar-refractivity contribution < 1.29 is 0 Å². The van der Waals surface area contributed by atoms with Crippen LogP contribution in [0.2, 0.25) is 0 Å². The van der Waals surface area contributed by atoms with E-state index in [1.807, 2.05) is 11.3 Å². The number of benzene rings is 8.